The number of hydrogen-bond donors (Lipinski definition) is 2. The monoisotopic (exact) mass is 450 g/mol. The third-order valence-electron chi connectivity index (χ3n) is 3.35. The first-order chi connectivity index (χ1) is 13.5. The Bertz CT molecular complexity index is 817. The fourth-order valence-corrected chi connectivity index (χ4v) is 2.79. The fourth-order valence-electron chi connectivity index (χ4n) is 1.87. The molecule has 0 heterocycles. The lowest BCUT2D eigenvalue weighted by Gasteiger charge is -2.13. The molecular formula is C19H19ClF4N2O2S. The summed E-state index contributed by atoms with van der Waals surface area (Å²) in [7, 11) is 0. The number of nitrogens with one attached hydrogen (secondary N) is 1. The third kappa shape index (κ3) is 9.67. The molecule has 1 unspecified atom stereocenters. The van der Waals surface area contributed by atoms with Gasteiger partial charge in [-0.1, -0.05) is 13.0 Å². The number of halogens is 5. The summed E-state index contributed by atoms with van der Waals surface area (Å²) in [6.07, 6.45) is -4.45. The molecule has 1 atom stereocenters. The van der Waals surface area contributed by atoms with E-state index in [1.54, 1.807) is 19.1 Å². The van der Waals surface area contributed by atoms with Crippen LogP contribution in [0.3, 0.4) is 0 Å². The van der Waals surface area contributed by atoms with Crippen molar-refractivity contribution < 1.29 is 27.2 Å². The van der Waals surface area contributed by atoms with Crippen molar-refractivity contribution in [3.8, 4) is 0 Å². The van der Waals surface area contributed by atoms with Crippen LogP contribution >= 0.6 is 23.4 Å². The number of thioether (sulfide) groups is 1. The van der Waals surface area contributed by atoms with E-state index in [0.717, 1.165) is 17.0 Å². The number of nitrogens with two attached hydrogens (primary N) is 1. The van der Waals surface area contributed by atoms with Gasteiger partial charge in [0.15, 0.2) is 0 Å². The van der Waals surface area contributed by atoms with E-state index in [1.165, 1.54) is 36.0 Å². The van der Waals surface area contributed by atoms with E-state index in [4.69, 9.17) is 11.6 Å². The van der Waals surface area contributed by atoms with Gasteiger partial charge in [-0.2, -0.15) is 13.2 Å². The Hall–Kier alpha value is -2.26. The minimum Gasteiger partial charge on any atom is -0.369 e. The van der Waals surface area contributed by atoms with E-state index in [2.05, 4.69) is 11.1 Å². The highest BCUT2D eigenvalue weighted by Gasteiger charge is 2.30. The van der Waals surface area contributed by atoms with Crippen molar-refractivity contribution in [3.63, 3.8) is 0 Å². The lowest BCUT2D eigenvalue weighted by molar-refractivity contribution is -0.137. The molecule has 0 aromatic heterocycles. The lowest BCUT2D eigenvalue weighted by Crippen LogP contribution is -2.22. The predicted octanol–water partition coefficient (Wildman–Crippen LogP) is 4.92. The molecule has 10 heteroatoms. The summed E-state index contributed by atoms with van der Waals surface area (Å²) in [5.41, 5.74) is 3.81. The van der Waals surface area contributed by atoms with Gasteiger partial charge < -0.3 is 11.1 Å². The molecule has 0 bridgehead atoms. The fraction of sp³-hybridized carbons (Fsp3) is 0.263. The molecule has 0 aliphatic rings. The second-order valence-corrected chi connectivity index (χ2v) is 7.19. The highest BCUT2D eigenvalue weighted by Crippen LogP contribution is 2.31. The number of anilines is 1. The molecule has 4 nitrogen and oxygen atoms in total. The summed E-state index contributed by atoms with van der Waals surface area (Å²) in [5, 5.41) is 2.49. The minimum absolute atomic E-state index is 0.0833. The molecule has 3 N–H and O–H groups in total. The number of carbonyl (C=O) groups is 2. The highest BCUT2D eigenvalue weighted by molar-refractivity contribution is 7.99. The van der Waals surface area contributed by atoms with Crippen molar-refractivity contribution >= 4 is 40.9 Å². The SMILES string of the molecule is CC(CSc1ccc(F)cc1)C(=O)Nc1cccc(C(F)(F)F)c1.NC(=O)CCl. The number of carbonyl (C=O) groups excluding carboxylic acids is 2. The summed E-state index contributed by atoms with van der Waals surface area (Å²) in [6, 6.07) is 10.4. The van der Waals surface area contributed by atoms with Crippen LogP contribution in [-0.2, 0) is 15.8 Å². The second kappa shape index (κ2) is 11.7. The van der Waals surface area contributed by atoms with Gasteiger partial charge in [0.25, 0.3) is 0 Å². The maximum absolute atomic E-state index is 12.8. The molecule has 2 aromatic carbocycles. The number of hydrogen-bond acceptors (Lipinski definition) is 3. The molecule has 0 aliphatic carbocycles. The van der Waals surface area contributed by atoms with Crippen LogP contribution in [0.5, 0.6) is 0 Å². The molecule has 2 aromatic rings. The van der Waals surface area contributed by atoms with Gasteiger partial charge in [-0.25, -0.2) is 4.39 Å². The van der Waals surface area contributed by atoms with Crippen molar-refractivity contribution in [2.75, 3.05) is 16.9 Å². The Labute approximate surface area is 174 Å². The van der Waals surface area contributed by atoms with Crippen LogP contribution in [0.1, 0.15) is 12.5 Å². The summed E-state index contributed by atoms with van der Waals surface area (Å²) in [5.74, 6) is -1.27. The van der Waals surface area contributed by atoms with Crippen molar-refractivity contribution in [1.82, 2.24) is 0 Å². The smallest absolute Gasteiger partial charge is 0.369 e. The molecule has 0 spiro atoms. The van der Waals surface area contributed by atoms with Gasteiger partial charge in [-0.15, -0.1) is 23.4 Å². The van der Waals surface area contributed by atoms with Crippen LogP contribution in [0.15, 0.2) is 53.4 Å². The van der Waals surface area contributed by atoms with Gasteiger partial charge in [-0.3, -0.25) is 9.59 Å². The van der Waals surface area contributed by atoms with E-state index in [-0.39, 0.29) is 23.3 Å². The number of amides is 2. The standard InChI is InChI=1S/C17H15F4NOS.C2H4ClNO/c1-11(10-24-15-7-5-13(18)6-8-15)16(23)22-14-4-2-3-12(9-14)17(19,20)21;3-1-2(4)5/h2-9,11H,10H2,1H3,(H,22,23);1H2,(H2,4,5). The normalized spacial score (nSPS) is 11.8. The Morgan fingerprint density at radius 2 is 1.76 bits per heavy atom. The first-order valence-electron chi connectivity index (χ1n) is 8.23. The molecule has 0 radical (unpaired) electrons. The van der Waals surface area contributed by atoms with Crippen molar-refractivity contribution in [2.24, 2.45) is 11.7 Å². The first kappa shape index (κ1) is 24.8. The van der Waals surface area contributed by atoms with Crippen molar-refractivity contribution in [2.45, 2.75) is 18.0 Å². The Balaban J connectivity index is 0.000000749. The largest absolute Gasteiger partial charge is 0.416 e. The minimum atomic E-state index is -4.45. The van der Waals surface area contributed by atoms with Crippen LogP contribution in [0, 0.1) is 11.7 Å². The van der Waals surface area contributed by atoms with Crippen LogP contribution < -0.4 is 11.1 Å². The third-order valence-corrected chi connectivity index (χ3v) is 4.89. The number of primary amides is 1. The molecule has 0 fully saturated rings. The van der Waals surface area contributed by atoms with Gasteiger partial charge >= 0.3 is 6.18 Å². The van der Waals surface area contributed by atoms with Gasteiger partial charge in [0, 0.05) is 22.3 Å². The van der Waals surface area contributed by atoms with Crippen LogP contribution in [0.4, 0.5) is 23.2 Å². The van der Waals surface area contributed by atoms with Gasteiger partial charge in [0.1, 0.15) is 11.7 Å². The van der Waals surface area contributed by atoms with E-state index < -0.39 is 23.6 Å². The molecule has 0 aliphatic heterocycles. The van der Waals surface area contributed by atoms with Gasteiger partial charge in [0.05, 0.1) is 5.56 Å². The first-order valence-corrected chi connectivity index (χ1v) is 9.75. The molecular weight excluding hydrogens is 432 g/mol. The molecule has 0 saturated carbocycles. The van der Waals surface area contributed by atoms with E-state index >= 15 is 0 Å². The number of rotatable bonds is 6. The Morgan fingerprint density at radius 1 is 1.17 bits per heavy atom. The molecule has 2 rings (SSSR count). The zero-order valence-corrected chi connectivity index (χ0v) is 16.9. The summed E-state index contributed by atoms with van der Waals surface area (Å²) in [4.78, 5) is 22.4. The highest BCUT2D eigenvalue weighted by atomic mass is 35.5. The lowest BCUT2D eigenvalue weighted by atomic mass is 10.1. The molecule has 29 heavy (non-hydrogen) atoms. The van der Waals surface area contributed by atoms with Gasteiger partial charge in [0.2, 0.25) is 11.8 Å². The molecule has 158 valence electrons. The van der Waals surface area contributed by atoms with Crippen LogP contribution in [0.25, 0.3) is 0 Å². The van der Waals surface area contributed by atoms with Crippen LogP contribution in [0.2, 0.25) is 0 Å². The topological polar surface area (TPSA) is 72.2 Å². The molecule has 0 saturated heterocycles. The van der Waals surface area contributed by atoms with E-state index in [1.807, 2.05) is 0 Å². The second-order valence-electron chi connectivity index (χ2n) is 5.83. The van der Waals surface area contributed by atoms with Crippen molar-refractivity contribution in [3.05, 3.63) is 59.9 Å². The molecule has 2 amide bonds. The number of benzene rings is 2. The summed E-state index contributed by atoms with van der Waals surface area (Å²) < 4.78 is 50.8. The number of alkyl halides is 4. The van der Waals surface area contributed by atoms with Crippen LogP contribution in [-0.4, -0.2) is 23.4 Å². The van der Waals surface area contributed by atoms with E-state index in [9.17, 15) is 27.2 Å². The zero-order valence-electron chi connectivity index (χ0n) is 15.3. The Morgan fingerprint density at radius 3 is 2.28 bits per heavy atom. The average molecular weight is 451 g/mol. The maximum atomic E-state index is 12.8. The van der Waals surface area contributed by atoms with Gasteiger partial charge in [-0.05, 0) is 42.5 Å². The summed E-state index contributed by atoms with van der Waals surface area (Å²) in [6.45, 7) is 1.68. The quantitative estimate of drug-likeness (QED) is 0.372. The average Bonchev–Trinajstić information content (AvgIpc) is 2.67. The maximum Gasteiger partial charge on any atom is 0.416 e. The predicted molar refractivity (Wildman–Crippen MR) is 106 cm³/mol. The zero-order chi connectivity index (χ0) is 22.0. The Kier molecular flexibility index (Phi) is 9.97. The van der Waals surface area contributed by atoms with Crippen molar-refractivity contribution in [1.29, 1.82) is 0 Å². The summed E-state index contributed by atoms with van der Waals surface area (Å²) >= 11 is 6.24. The van der Waals surface area contributed by atoms with E-state index in [0.29, 0.717) is 5.75 Å².